The average molecular weight is 296 g/mol. The first kappa shape index (κ1) is 14.1. The summed E-state index contributed by atoms with van der Waals surface area (Å²) in [5, 5.41) is 17.2. The second-order valence-corrected chi connectivity index (χ2v) is 5.64. The number of hydrogen-bond donors (Lipinski definition) is 2. The fraction of sp³-hybridized carbons (Fsp3) is 0.214. The van der Waals surface area contributed by atoms with Gasteiger partial charge in [-0.2, -0.15) is 11.3 Å². The second-order valence-electron chi connectivity index (χ2n) is 4.45. The molecule has 0 saturated heterocycles. The zero-order chi connectivity index (χ0) is 13.9. The molecule has 0 aliphatic rings. The molecule has 1 atom stereocenters. The van der Waals surface area contributed by atoms with Crippen molar-refractivity contribution in [1.29, 1.82) is 0 Å². The molecule has 0 bridgehead atoms. The first-order valence-corrected chi connectivity index (χ1v) is 7.10. The summed E-state index contributed by atoms with van der Waals surface area (Å²) in [6.07, 6.45) is 0. The molecule has 1 aromatic heterocycles. The molecule has 0 saturated carbocycles. The summed E-state index contributed by atoms with van der Waals surface area (Å²) >= 11 is 7.51. The van der Waals surface area contributed by atoms with Gasteiger partial charge in [0, 0.05) is 21.5 Å². The summed E-state index contributed by atoms with van der Waals surface area (Å²) in [6, 6.07) is 8.80. The van der Waals surface area contributed by atoms with Crippen LogP contribution in [-0.4, -0.2) is 17.6 Å². The van der Waals surface area contributed by atoms with Gasteiger partial charge in [0.2, 0.25) is 0 Å². The number of benzene rings is 1. The summed E-state index contributed by atoms with van der Waals surface area (Å²) in [6.45, 7) is 1.73. The van der Waals surface area contributed by atoms with Crippen molar-refractivity contribution in [3.8, 4) is 0 Å². The number of halogens is 1. The van der Waals surface area contributed by atoms with Crippen LogP contribution in [0.25, 0.3) is 0 Å². The molecule has 2 rings (SSSR count). The van der Waals surface area contributed by atoms with E-state index in [0.717, 1.165) is 0 Å². The van der Waals surface area contributed by atoms with Crippen LogP contribution >= 0.6 is 22.9 Å². The molecule has 0 spiro atoms. The fourth-order valence-corrected chi connectivity index (χ4v) is 2.72. The van der Waals surface area contributed by atoms with Gasteiger partial charge < -0.3 is 10.4 Å². The van der Waals surface area contributed by atoms with Crippen molar-refractivity contribution in [1.82, 2.24) is 5.32 Å². The van der Waals surface area contributed by atoms with E-state index in [1.165, 1.54) is 11.3 Å². The number of carbonyl (C=O) groups is 1. The summed E-state index contributed by atoms with van der Waals surface area (Å²) in [4.78, 5) is 11.8. The molecule has 0 aliphatic heterocycles. The maximum absolute atomic E-state index is 11.8. The lowest BCUT2D eigenvalue weighted by Crippen LogP contribution is -2.38. The van der Waals surface area contributed by atoms with Crippen LogP contribution in [0, 0.1) is 0 Å². The van der Waals surface area contributed by atoms with E-state index >= 15 is 0 Å². The van der Waals surface area contributed by atoms with Gasteiger partial charge in [-0.3, -0.25) is 4.79 Å². The lowest BCUT2D eigenvalue weighted by Gasteiger charge is -2.25. The normalized spacial score (nSPS) is 13.8. The number of hydrogen-bond acceptors (Lipinski definition) is 3. The lowest BCUT2D eigenvalue weighted by molar-refractivity contribution is 0.0527. The van der Waals surface area contributed by atoms with Crippen molar-refractivity contribution in [2.24, 2.45) is 0 Å². The summed E-state index contributed by atoms with van der Waals surface area (Å²) in [5.74, 6) is -0.200. The molecule has 0 fully saturated rings. The Kier molecular flexibility index (Phi) is 4.24. The van der Waals surface area contributed by atoms with Gasteiger partial charge in [0.15, 0.2) is 0 Å². The van der Waals surface area contributed by atoms with E-state index in [1.807, 2.05) is 5.38 Å². The van der Waals surface area contributed by atoms with Gasteiger partial charge in [-0.15, -0.1) is 0 Å². The van der Waals surface area contributed by atoms with E-state index in [2.05, 4.69) is 5.32 Å². The Morgan fingerprint density at radius 1 is 1.42 bits per heavy atom. The molecule has 0 unspecified atom stereocenters. The minimum Gasteiger partial charge on any atom is -0.384 e. The SMILES string of the molecule is C[C@@](O)(CNC(=O)c1ccsc1)c1ccccc1Cl. The maximum atomic E-state index is 11.8. The fourth-order valence-electron chi connectivity index (χ4n) is 1.74. The third-order valence-corrected chi connectivity index (χ3v) is 3.84. The predicted octanol–water partition coefficient (Wildman–Crippen LogP) is 3.04. The quantitative estimate of drug-likeness (QED) is 0.911. The van der Waals surface area contributed by atoms with Crippen molar-refractivity contribution in [3.63, 3.8) is 0 Å². The minimum absolute atomic E-state index is 0.103. The monoisotopic (exact) mass is 295 g/mol. The van der Waals surface area contributed by atoms with Gasteiger partial charge in [-0.25, -0.2) is 0 Å². The van der Waals surface area contributed by atoms with Gasteiger partial charge in [-0.05, 0) is 24.4 Å². The Balaban J connectivity index is 2.06. The highest BCUT2D eigenvalue weighted by Crippen LogP contribution is 2.27. The average Bonchev–Trinajstić information content (AvgIpc) is 2.90. The molecule has 3 nitrogen and oxygen atoms in total. The largest absolute Gasteiger partial charge is 0.384 e. The first-order valence-electron chi connectivity index (χ1n) is 5.78. The summed E-state index contributed by atoms with van der Waals surface area (Å²) in [7, 11) is 0. The number of nitrogens with one attached hydrogen (secondary N) is 1. The molecular formula is C14H14ClNO2S. The smallest absolute Gasteiger partial charge is 0.252 e. The minimum atomic E-state index is -1.20. The van der Waals surface area contributed by atoms with E-state index in [0.29, 0.717) is 16.1 Å². The van der Waals surface area contributed by atoms with Crippen molar-refractivity contribution in [2.45, 2.75) is 12.5 Å². The van der Waals surface area contributed by atoms with Crippen LogP contribution in [0.15, 0.2) is 41.1 Å². The first-order chi connectivity index (χ1) is 9.00. The standard InChI is InChI=1S/C14H14ClNO2S/c1-14(18,11-4-2-3-5-12(11)15)9-16-13(17)10-6-7-19-8-10/h2-8,18H,9H2,1H3,(H,16,17)/t14-/m1/s1. The molecule has 2 N–H and O–H groups in total. The predicted molar refractivity (Wildman–Crippen MR) is 77.7 cm³/mol. The van der Waals surface area contributed by atoms with Crippen LogP contribution < -0.4 is 5.32 Å². The molecule has 1 heterocycles. The van der Waals surface area contributed by atoms with Gasteiger partial charge in [0.25, 0.3) is 5.91 Å². The molecule has 100 valence electrons. The van der Waals surface area contributed by atoms with Gasteiger partial charge in [0.05, 0.1) is 6.54 Å². The highest BCUT2D eigenvalue weighted by molar-refractivity contribution is 7.08. The molecule has 19 heavy (non-hydrogen) atoms. The molecule has 1 aromatic carbocycles. The molecular weight excluding hydrogens is 282 g/mol. The highest BCUT2D eigenvalue weighted by Gasteiger charge is 2.26. The van der Waals surface area contributed by atoms with Gasteiger partial charge in [-0.1, -0.05) is 29.8 Å². The van der Waals surface area contributed by atoms with Gasteiger partial charge >= 0.3 is 0 Å². The second kappa shape index (κ2) is 5.74. The number of aliphatic hydroxyl groups is 1. The zero-order valence-electron chi connectivity index (χ0n) is 10.4. The summed E-state index contributed by atoms with van der Waals surface area (Å²) < 4.78 is 0. The molecule has 2 aromatic rings. The Hall–Kier alpha value is -1.36. The number of thiophene rings is 1. The Labute approximate surface area is 120 Å². The van der Waals surface area contributed by atoms with Crippen molar-refractivity contribution in [2.75, 3.05) is 6.54 Å². The maximum Gasteiger partial charge on any atom is 0.252 e. The number of amides is 1. The van der Waals surface area contributed by atoms with Crippen molar-refractivity contribution >= 4 is 28.8 Å². The Bertz CT molecular complexity index is 567. The van der Waals surface area contributed by atoms with Gasteiger partial charge in [0.1, 0.15) is 5.60 Å². The Morgan fingerprint density at radius 2 is 2.16 bits per heavy atom. The van der Waals surface area contributed by atoms with Crippen molar-refractivity contribution < 1.29 is 9.90 Å². The number of carbonyl (C=O) groups excluding carboxylic acids is 1. The Morgan fingerprint density at radius 3 is 2.79 bits per heavy atom. The van der Waals surface area contributed by atoms with Crippen LogP contribution in [-0.2, 0) is 5.60 Å². The summed E-state index contributed by atoms with van der Waals surface area (Å²) in [5.41, 5.74) is -0.00782. The molecule has 1 amide bonds. The van der Waals surface area contributed by atoms with E-state index in [9.17, 15) is 9.90 Å². The van der Waals surface area contributed by atoms with Crippen LogP contribution in [0.2, 0.25) is 5.02 Å². The van der Waals surface area contributed by atoms with E-state index in [1.54, 1.807) is 42.6 Å². The molecule has 0 radical (unpaired) electrons. The van der Waals surface area contributed by atoms with Crippen LogP contribution in [0.5, 0.6) is 0 Å². The topological polar surface area (TPSA) is 49.3 Å². The van der Waals surface area contributed by atoms with Crippen LogP contribution in [0.1, 0.15) is 22.8 Å². The zero-order valence-corrected chi connectivity index (χ0v) is 12.0. The third-order valence-electron chi connectivity index (χ3n) is 2.83. The lowest BCUT2D eigenvalue weighted by atomic mass is 9.96. The van der Waals surface area contributed by atoms with E-state index in [-0.39, 0.29) is 12.5 Å². The third kappa shape index (κ3) is 3.35. The van der Waals surface area contributed by atoms with Crippen LogP contribution in [0.4, 0.5) is 0 Å². The van der Waals surface area contributed by atoms with E-state index in [4.69, 9.17) is 11.6 Å². The molecule has 5 heteroatoms. The number of rotatable bonds is 4. The highest BCUT2D eigenvalue weighted by atomic mass is 35.5. The van der Waals surface area contributed by atoms with Crippen molar-refractivity contribution in [3.05, 3.63) is 57.2 Å². The van der Waals surface area contributed by atoms with Crippen LogP contribution in [0.3, 0.4) is 0 Å². The molecule has 0 aliphatic carbocycles. The van der Waals surface area contributed by atoms with E-state index < -0.39 is 5.60 Å².